The van der Waals surface area contributed by atoms with Crippen molar-refractivity contribution in [1.82, 2.24) is 4.98 Å². The number of thiophene rings is 1. The molecule has 0 aromatic carbocycles. The van der Waals surface area contributed by atoms with E-state index in [0.29, 0.717) is 11.6 Å². The van der Waals surface area contributed by atoms with Gasteiger partial charge in [-0.05, 0) is 39.4 Å². The van der Waals surface area contributed by atoms with Crippen LogP contribution in [0.5, 0.6) is 0 Å². The summed E-state index contributed by atoms with van der Waals surface area (Å²) in [5, 5.41) is 5.52. The van der Waals surface area contributed by atoms with Gasteiger partial charge in [-0.25, -0.2) is 4.98 Å². The summed E-state index contributed by atoms with van der Waals surface area (Å²) >= 11 is 5.11. The fraction of sp³-hybridized carbons (Fsp3) is 0.308. The minimum absolute atomic E-state index is 0.237. The van der Waals surface area contributed by atoms with Crippen LogP contribution in [0.25, 0.3) is 0 Å². The molecular weight excluding hydrogens is 310 g/mol. The highest BCUT2D eigenvalue weighted by molar-refractivity contribution is 9.10. The van der Waals surface area contributed by atoms with Crippen LogP contribution >= 0.6 is 27.3 Å². The minimum atomic E-state index is 0.237. The lowest BCUT2D eigenvalue weighted by atomic mass is 10.0. The lowest BCUT2D eigenvalue weighted by Gasteiger charge is -2.22. The third-order valence-electron chi connectivity index (χ3n) is 2.69. The van der Waals surface area contributed by atoms with E-state index in [4.69, 9.17) is 5.73 Å². The van der Waals surface area contributed by atoms with Crippen LogP contribution in [-0.2, 0) is 0 Å². The molecule has 2 heterocycles. The van der Waals surface area contributed by atoms with E-state index in [-0.39, 0.29) is 6.04 Å². The predicted octanol–water partition coefficient (Wildman–Crippen LogP) is 4.30. The molecule has 0 bridgehead atoms. The summed E-state index contributed by atoms with van der Waals surface area (Å²) in [6.45, 7) is 4.37. The standard InChI is InChI=1S/C13H16BrN3S/c1-8(2)12(11-4-3-5-18-11)17-13-10(15)6-9(14)7-16-13/h3-8,12H,15H2,1-2H3,(H,16,17). The zero-order valence-electron chi connectivity index (χ0n) is 10.4. The van der Waals surface area contributed by atoms with Gasteiger partial charge in [0.15, 0.2) is 0 Å². The second-order valence-corrected chi connectivity index (χ2v) is 6.37. The van der Waals surface area contributed by atoms with Crippen LogP contribution in [0, 0.1) is 5.92 Å². The molecular formula is C13H16BrN3S. The van der Waals surface area contributed by atoms with Gasteiger partial charge in [0, 0.05) is 15.5 Å². The molecule has 0 fully saturated rings. The first-order chi connectivity index (χ1) is 8.58. The highest BCUT2D eigenvalue weighted by Gasteiger charge is 2.18. The Morgan fingerprint density at radius 1 is 1.44 bits per heavy atom. The van der Waals surface area contributed by atoms with Crippen molar-refractivity contribution in [1.29, 1.82) is 0 Å². The molecule has 3 N–H and O–H groups in total. The molecule has 1 atom stereocenters. The lowest BCUT2D eigenvalue weighted by molar-refractivity contribution is 0.552. The van der Waals surface area contributed by atoms with Crippen molar-refractivity contribution in [2.75, 3.05) is 11.1 Å². The first kappa shape index (κ1) is 13.4. The van der Waals surface area contributed by atoms with Gasteiger partial charge in [-0.1, -0.05) is 19.9 Å². The van der Waals surface area contributed by atoms with E-state index in [1.807, 2.05) is 6.07 Å². The van der Waals surface area contributed by atoms with Crippen LogP contribution in [0.1, 0.15) is 24.8 Å². The monoisotopic (exact) mass is 325 g/mol. The zero-order chi connectivity index (χ0) is 13.1. The molecule has 96 valence electrons. The number of hydrogen-bond acceptors (Lipinski definition) is 4. The smallest absolute Gasteiger partial charge is 0.149 e. The summed E-state index contributed by atoms with van der Waals surface area (Å²) in [6.07, 6.45) is 1.75. The molecule has 0 amide bonds. The summed E-state index contributed by atoms with van der Waals surface area (Å²) < 4.78 is 0.891. The third kappa shape index (κ3) is 3.03. The second kappa shape index (κ2) is 5.71. The molecule has 0 aliphatic carbocycles. The molecule has 2 rings (SSSR count). The van der Waals surface area contributed by atoms with Gasteiger partial charge in [-0.3, -0.25) is 0 Å². The van der Waals surface area contributed by atoms with E-state index < -0.39 is 0 Å². The van der Waals surface area contributed by atoms with Crippen LogP contribution < -0.4 is 11.1 Å². The Kier molecular flexibility index (Phi) is 4.24. The molecule has 2 aromatic heterocycles. The number of nitrogen functional groups attached to an aromatic ring is 1. The molecule has 0 saturated heterocycles. The SMILES string of the molecule is CC(C)C(Nc1ncc(Br)cc1N)c1cccs1. The maximum atomic E-state index is 5.97. The summed E-state index contributed by atoms with van der Waals surface area (Å²) in [6, 6.07) is 6.30. The van der Waals surface area contributed by atoms with Gasteiger partial charge in [0.25, 0.3) is 0 Å². The van der Waals surface area contributed by atoms with Crippen LogP contribution in [0.3, 0.4) is 0 Å². The van der Waals surface area contributed by atoms with Gasteiger partial charge in [0.05, 0.1) is 11.7 Å². The topological polar surface area (TPSA) is 50.9 Å². The number of rotatable bonds is 4. The summed E-state index contributed by atoms with van der Waals surface area (Å²) in [4.78, 5) is 5.63. The van der Waals surface area contributed by atoms with Crippen molar-refractivity contribution in [3.8, 4) is 0 Å². The lowest BCUT2D eigenvalue weighted by Crippen LogP contribution is -2.17. The first-order valence-corrected chi connectivity index (χ1v) is 7.46. The largest absolute Gasteiger partial charge is 0.396 e. The van der Waals surface area contributed by atoms with Crippen molar-refractivity contribution in [2.45, 2.75) is 19.9 Å². The Hall–Kier alpha value is -1.07. The van der Waals surface area contributed by atoms with Gasteiger partial charge >= 0.3 is 0 Å². The number of pyridine rings is 1. The fourth-order valence-corrected chi connectivity index (χ4v) is 3.06. The Balaban J connectivity index is 2.24. The van der Waals surface area contributed by atoms with E-state index in [1.54, 1.807) is 17.5 Å². The van der Waals surface area contributed by atoms with Gasteiger partial charge < -0.3 is 11.1 Å². The first-order valence-electron chi connectivity index (χ1n) is 5.79. The van der Waals surface area contributed by atoms with Crippen molar-refractivity contribution in [2.24, 2.45) is 5.92 Å². The molecule has 0 radical (unpaired) electrons. The second-order valence-electron chi connectivity index (χ2n) is 4.47. The summed E-state index contributed by atoms with van der Waals surface area (Å²) in [5.74, 6) is 1.21. The average molecular weight is 326 g/mol. The highest BCUT2D eigenvalue weighted by Crippen LogP contribution is 2.31. The van der Waals surface area contributed by atoms with Crippen LogP contribution in [-0.4, -0.2) is 4.98 Å². The fourth-order valence-electron chi connectivity index (χ4n) is 1.76. The normalized spacial score (nSPS) is 12.7. The molecule has 0 aliphatic heterocycles. The zero-order valence-corrected chi connectivity index (χ0v) is 12.8. The van der Waals surface area contributed by atoms with Crippen molar-refractivity contribution in [3.63, 3.8) is 0 Å². The quantitative estimate of drug-likeness (QED) is 0.881. The Morgan fingerprint density at radius 3 is 2.78 bits per heavy atom. The maximum absolute atomic E-state index is 5.97. The predicted molar refractivity (Wildman–Crippen MR) is 81.9 cm³/mol. The molecule has 0 saturated carbocycles. The van der Waals surface area contributed by atoms with E-state index in [2.05, 4.69) is 57.6 Å². The van der Waals surface area contributed by atoms with Crippen molar-refractivity contribution < 1.29 is 0 Å². The Labute approximate surface area is 120 Å². The molecule has 5 heteroatoms. The average Bonchev–Trinajstić information content (AvgIpc) is 2.80. The molecule has 3 nitrogen and oxygen atoms in total. The summed E-state index contributed by atoms with van der Waals surface area (Å²) in [5.41, 5.74) is 6.63. The number of anilines is 2. The van der Waals surface area contributed by atoms with Gasteiger partial charge in [0.1, 0.15) is 5.82 Å². The maximum Gasteiger partial charge on any atom is 0.149 e. The molecule has 2 aromatic rings. The number of nitrogens with two attached hydrogens (primary N) is 1. The van der Waals surface area contributed by atoms with E-state index >= 15 is 0 Å². The molecule has 0 spiro atoms. The highest BCUT2D eigenvalue weighted by atomic mass is 79.9. The number of aromatic nitrogens is 1. The van der Waals surface area contributed by atoms with Crippen molar-refractivity contribution in [3.05, 3.63) is 39.1 Å². The Bertz CT molecular complexity index is 511. The number of halogens is 1. The van der Waals surface area contributed by atoms with Gasteiger partial charge in [-0.15, -0.1) is 11.3 Å². The Morgan fingerprint density at radius 2 is 2.22 bits per heavy atom. The van der Waals surface area contributed by atoms with Crippen LogP contribution in [0.15, 0.2) is 34.2 Å². The molecule has 0 aliphatic rings. The van der Waals surface area contributed by atoms with Gasteiger partial charge in [0.2, 0.25) is 0 Å². The van der Waals surface area contributed by atoms with Crippen LogP contribution in [0.2, 0.25) is 0 Å². The number of nitrogens with zero attached hydrogens (tertiary/aromatic N) is 1. The molecule has 18 heavy (non-hydrogen) atoms. The van der Waals surface area contributed by atoms with E-state index in [0.717, 1.165) is 10.3 Å². The summed E-state index contributed by atoms with van der Waals surface area (Å²) in [7, 11) is 0. The number of nitrogens with one attached hydrogen (secondary N) is 1. The third-order valence-corrected chi connectivity index (χ3v) is 4.08. The van der Waals surface area contributed by atoms with Crippen LogP contribution in [0.4, 0.5) is 11.5 Å². The van der Waals surface area contributed by atoms with Crippen molar-refractivity contribution >= 4 is 38.8 Å². The van der Waals surface area contributed by atoms with E-state index in [1.165, 1.54) is 4.88 Å². The molecule has 1 unspecified atom stereocenters. The minimum Gasteiger partial charge on any atom is -0.396 e. The van der Waals surface area contributed by atoms with E-state index in [9.17, 15) is 0 Å². The van der Waals surface area contributed by atoms with Gasteiger partial charge in [-0.2, -0.15) is 0 Å². The number of hydrogen-bond donors (Lipinski definition) is 2.